The van der Waals surface area contributed by atoms with Crippen molar-refractivity contribution in [1.82, 2.24) is 10.2 Å². The maximum atomic E-state index is 4.90. The van der Waals surface area contributed by atoms with Crippen molar-refractivity contribution in [3.63, 3.8) is 0 Å². The third-order valence-corrected chi connectivity index (χ3v) is 3.09. The van der Waals surface area contributed by atoms with Gasteiger partial charge in [-0.2, -0.15) is 0 Å². The number of nitrogens with zero attached hydrogens (tertiary/aromatic N) is 2. The smallest absolute Gasteiger partial charge is 0.230 e. The molecular formula is C9H6BrN3S2. The highest BCUT2D eigenvalue weighted by molar-refractivity contribution is 9.10. The van der Waals surface area contributed by atoms with Gasteiger partial charge >= 0.3 is 0 Å². The van der Waals surface area contributed by atoms with Crippen molar-refractivity contribution < 1.29 is 0 Å². The molecule has 2 aromatic rings. The average Bonchev–Trinajstić information content (AvgIpc) is 2.62. The summed E-state index contributed by atoms with van der Waals surface area (Å²) in [6.07, 6.45) is 1.76. The van der Waals surface area contributed by atoms with E-state index in [2.05, 4.69) is 31.1 Å². The molecule has 3 nitrogen and oxygen atoms in total. The van der Waals surface area contributed by atoms with Crippen molar-refractivity contribution in [1.29, 1.82) is 0 Å². The highest BCUT2D eigenvalue weighted by atomic mass is 79.9. The number of aliphatic imine (C=N–C) groups is 1. The fourth-order valence-electron chi connectivity index (χ4n) is 0.994. The summed E-state index contributed by atoms with van der Waals surface area (Å²) in [6.45, 7) is 0. The summed E-state index contributed by atoms with van der Waals surface area (Å²) in [5.41, 5.74) is 1.02. The summed E-state index contributed by atoms with van der Waals surface area (Å²) in [7, 11) is 0. The van der Waals surface area contributed by atoms with Gasteiger partial charge in [0.15, 0.2) is 3.95 Å². The van der Waals surface area contributed by atoms with E-state index in [1.54, 1.807) is 6.21 Å². The topological polar surface area (TPSA) is 41.0 Å². The monoisotopic (exact) mass is 299 g/mol. The molecule has 0 unspecified atom stereocenters. The number of hydrogen-bond donors (Lipinski definition) is 1. The van der Waals surface area contributed by atoms with Gasteiger partial charge in [-0.15, -0.1) is 5.10 Å². The zero-order valence-corrected chi connectivity index (χ0v) is 10.7. The van der Waals surface area contributed by atoms with E-state index in [-0.39, 0.29) is 0 Å². The second-order valence-corrected chi connectivity index (χ2v) is 5.27. The number of H-pyrrole nitrogens is 1. The number of benzene rings is 1. The molecule has 1 aromatic heterocycles. The van der Waals surface area contributed by atoms with Crippen LogP contribution in [0.1, 0.15) is 5.56 Å². The maximum Gasteiger partial charge on any atom is 0.230 e. The third kappa shape index (κ3) is 3.05. The van der Waals surface area contributed by atoms with Crippen LogP contribution >= 0.6 is 39.5 Å². The molecule has 0 amide bonds. The number of nitrogens with one attached hydrogen (secondary N) is 1. The van der Waals surface area contributed by atoms with Crippen molar-refractivity contribution >= 4 is 50.8 Å². The lowest BCUT2D eigenvalue weighted by Crippen LogP contribution is -1.79. The normalized spacial score (nSPS) is 11.0. The van der Waals surface area contributed by atoms with Crippen molar-refractivity contribution in [3.8, 4) is 0 Å². The van der Waals surface area contributed by atoms with Gasteiger partial charge in [0, 0.05) is 10.7 Å². The Bertz CT molecular complexity index is 544. The predicted molar refractivity (Wildman–Crippen MR) is 68.7 cm³/mol. The van der Waals surface area contributed by atoms with E-state index in [4.69, 9.17) is 12.2 Å². The third-order valence-electron chi connectivity index (χ3n) is 1.60. The molecule has 0 bridgehead atoms. The van der Waals surface area contributed by atoms with Gasteiger partial charge in [-0.1, -0.05) is 39.4 Å². The van der Waals surface area contributed by atoms with Crippen molar-refractivity contribution in [2.24, 2.45) is 4.99 Å². The summed E-state index contributed by atoms with van der Waals surface area (Å²) in [5.74, 6) is 0. The molecule has 0 radical (unpaired) electrons. The van der Waals surface area contributed by atoms with Crippen LogP contribution in [0.5, 0.6) is 0 Å². The number of aromatic amines is 1. The van der Waals surface area contributed by atoms with Gasteiger partial charge in [0.25, 0.3) is 0 Å². The van der Waals surface area contributed by atoms with Crippen LogP contribution in [0, 0.1) is 3.95 Å². The standard InChI is InChI=1S/C9H6BrN3S2/c10-7-3-1-2-6(4-7)5-11-8-12-13-9(14)15-8/h1-5H,(H,13,14)/b11-5+. The SMILES string of the molecule is S=c1[nH]nc(/N=C/c2cccc(Br)c2)s1. The van der Waals surface area contributed by atoms with Crippen LogP contribution in [0.3, 0.4) is 0 Å². The van der Waals surface area contributed by atoms with Crippen LogP contribution in [0.4, 0.5) is 5.13 Å². The Kier molecular flexibility index (Phi) is 3.40. The molecule has 1 heterocycles. The van der Waals surface area contributed by atoms with Crippen LogP contribution < -0.4 is 0 Å². The Morgan fingerprint density at radius 1 is 1.53 bits per heavy atom. The lowest BCUT2D eigenvalue weighted by molar-refractivity contribution is 1.07. The number of rotatable bonds is 2. The predicted octanol–water partition coefficient (Wildman–Crippen LogP) is 3.71. The van der Waals surface area contributed by atoms with E-state index in [0.29, 0.717) is 9.09 Å². The molecule has 76 valence electrons. The van der Waals surface area contributed by atoms with Gasteiger partial charge in [0.2, 0.25) is 5.13 Å². The minimum absolute atomic E-state index is 0.636. The lowest BCUT2D eigenvalue weighted by Gasteiger charge is -1.92. The summed E-state index contributed by atoms with van der Waals surface area (Å²) in [6, 6.07) is 7.88. The van der Waals surface area contributed by atoms with E-state index < -0.39 is 0 Å². The molecular weight excluding hydrogens is 294 g/mol. The molecule has 0 saturated carbocycles. The van der Waals surface area contributed by atoms with Crippen molar-refractivity contribution in [2.45, 2.75) is 0 Å². The minimum atomic E-state index is 0.636. The second-order valence-electron chi connectivity index (χ2n) is 2.71. The first-order valence-corrected chi connectivity index (χ1v) is 6.11. The Balaban J connectivity index is 2.21. The second kappa shape index (κ2) is 4.78. The molecule has 0 fully saturated rings. The zero-order chi connectivity index (χ0) is 10.7. The van der Waals surface area contributed by atoms with Crippen LogP contribution in [0.2, 0.25) is 0 Å². The van der Waals surface area contributed by atoms with Crippen molar-refractivity contribution in [3.05, 3.63) is 38.3 Å². The van der Waals surface area contributed by atoms with Gasteiger partial charge in [-0.05, 0) is 29.9 Å². The summed E-state index contributed by atoms with van der Waals surface area (Å²) < 4.78 is 1.66. The van der Waals surface area contributed by atoms with Gasteiger partial charge in [0.05, 0.1) is 0 Å². The number of halogens is 1. The van der Waals surface area contributed by atoms with E-state index in [9.17, 15) is 0 Å². The summed E-state index contributed by atoms with van der Waals surface area (Å²) in [5, 5.41) is 7.25. The maximum absolute atomic E-state index is 4.90. The first-order valence-electron chi connectivity index (χ1n) is 4.09. The average molecular weight is 300 g/mol. The minimum Gasteiger partial charge on any atom is -0.256 e. The first-order chi connectivity index (χ1) is 7.24. The molecule has 0 aliphatic rings. The summed E-state index contributed by atoms with van der Waals surface area (Å²) >= 11 is 9.65. The van der Waals surface area contributed by atoms with Crippen LogP contribution in [0.25, 0.3) is 0 Å². The van der Waals surface area contributed by atoms with E-state index in [0.717, 1.165) is 10.0 Å². The van der Waals surface area contributed by atoms with Gasteiger partial charge in [-0.3, -0.25) is 5.10 Å². The van der Waals surface area contributed by atoms with Gasteiger partial charge in [-0.25, -0.2) is 4.99 Å². The lowest BCUT2D eigenvalue weighted by atomic mass is 10.2. The van der Waals surface area contributed by atoms with E-state index >= 15 is 0 Å². The molecule has 0 aliphatic carbocycles. The molecule has 1 N–H and O–H groups in total. The van der Waals surface area contributed by atoms with Gasteiger partial charge in [0.1, 0.15) is 0 Å². The number of aromatic nitrogens is 2. The molecule has 0 saturated heterocycles. The van der Waals surface area contributed by atoms with E-state index in [1.165, 1.54) is 11.3 Å². The fourth-order valence-corrected chi connectivity index (χ4v) is 2.13. The van der Waals surface area contributed by atoms with Crippen LogP contribution in [0.15, 0.2) is 33.7 Å². The van der Waals surface area contributed by atoms with Crippen LogP contribution in [-0.2, 0) is 0 Å². The Morgan fingerprint density at radius 3 is 3.07 bits per heavy atom. The Morgan fingerprint density at radius 2 is 2.40 bits per heavy atom. The number of hydrogen-bond acceptors (Lipinski definition) is 4. The molecule has 15 heavy (non-hydrogen) atoms. The Labute approximate surface area is 104 Å². The molecule has 1 aromatic carbocycles. The highest BCUT2D eigenvalue weighted by Gasteiger charge is 1.93. The quantitative estimate of drug-likeness (QED) is 0.678. The highest BCUT2D eigenvalue weighted by Crippen LogP contribution is 2.15. The molecule has 0 aliphatic heterocycles. The largest absolute Gasteiger partial charge is 0.256 e. The first kappa shape index (κ1) is 10.7. The molecule has 0 spiro atoms. The zero-order valence-electron chi connectivity index (χ0n) is 7.48. The molecule has 0 atom stereocenters. The van der Waals surface area contributed by atoms with Crippen LogP contribution in [-0.4, -0.2) is 16.4 Å². The molecule has 2 rings (SSSR count). The van der Waals surface area contributed by atoms with Crippen molar-refractivity contribution in [2.75, 3.05) is 0 Å². The summed E-state index contributed by atoms with van der Waals surface area (Å²) in [4.78, 5) is 4.20. The molecule has 6 heteroatoms. The van der Waals surface area contributed by atoms with E-state index in [1.807, 2.05) is 24.3 Å². The Hall–Kier alpha value is -0.850. The fraction of sp³-hybridized carbons (Fsp3) is 0. The van der Waals surface area contributed by atoms with Gasteiger partial charge < -0.3 is 0 Å².